The van der Waals surface area contributed by atoms with Gasteiger partial charge in [0.2, 0.25) is 6.79 Å². The highest BCUT2D eigenvalue weighted by Gasteiger charge is 2.36. The Morgan fingerprint density at radius 1 is 1.15 bits per heavy atom. The second-order valence-electron chi connectivity index (χ2n) is 6.53. The van der Waals surface area contributed by atoms with Crippen molar-refractivity contribution in [2.24, 2.45) is 0 Å². The summed E-state index contributed by atoms with van der Waals surface area (Å²) in [6.07, 6.45) is 0. The number of aromatic amines is 1. The minimum absolute atomic E-state index is 0.0622. The normalized spacial score (nSPS) is 20.8. The average molecular weight is 350 g/mol. The topological polar surface area (TPSA) is 72.6 Å². The lowest BCUT2D eigenvalue weighted by Gasteiger charge is -2.29. The molecule has 2 aliphatic rings. The van der Waals surface area contributed by atoms with Gasteiger partial charge in [0.15, 0.2) is 11.5 Å². The SMILES string of the molecule is COC(=O)[C@@H]1CNC(c2ccc3c(c2)OCO3)c2[nH]c3ccccc3c21. The number of fused-ring (bicyclic) bond motifs is 4. The number of aromatic nitrogens is 1. The van der Waals surface area contributed by atoms with Crippen LogP contribution in [0.1, 0.15) is 28.8 Å². The Hall–Kier alpha value is -2.99. The highest BCUT2D eigenvalue weighted by atomic mass is 16.7. The van der Waals surface area contributed by atoms with E-state index in [4.69, 9.17) is 14.2 Å². The van der Waals surface area contributed by atoms with Gasteiger partial charge in [-0.05, 0) is 29.3 Å². The summed E-state index contributed by atoms with van der Waals surface area (Å²) in [5.41, 5.74) is 4.08. The third-order valence-corrected chi connectivity index (χ3v) is 5.16. The fraction of sp³-hybridized carbons (Fsp3) is 0.250. The first kappa shape index (κ1) is 15.3. The summed E-state index contributed by atoms with van der Waals surface area (Å²) in [5.74, 6) is 0.940. The predicted octanol–water partition coefficient (Wildman–Crippen LogP) is 2.85. The predicted molar refractivity (Wildman–Crippen MR) is 95.5 cm³/mol. The molecule has 0 spiro atoms. The molecule has 2 aromatic carbocycles. The van der Waals surface area contributed by atoms with Crippen LogP contribution in [0.15, 0.2) is 42.5 Å². The number of esters is 1. The molecule has 5 rings (SSSR count). The zero-order valence-electron chi connectivity index (χ0n) is 14.2. The van der Waals surface area contributed by atoms with E-state index in [-0.39, 0.29) is 24.7 Å². The minimum atomic E-state index is -0.337. The number of methoxy groups -OCH3 is 1. The van der Waals surface area contributed by atoms with Crippen molar-refractivity contribution in [3.8, 4) is 11.5 Å². The zero-order valence-corrected chi connectivity index (χ0v) is 14.2. The molecule has 0 saturated heterocycles. The van der Waals surface area contributed by atoms with Crippen LogP contribution in [-0.4, -0.2) is 31.4 Å². The Balaban J connectivity index is 1.67. The van der Waals surface area contributed by atoms with Gasteiger partial charge in [-0.25, -0.2) is 0 Å². The van der Waals surface area contributed by atoms with E-state index in [0.29, 0.717) is 6.54 Å². The van der Waals surface area contributed by atoms with Gasteiger partial charge in [-0.15, -0.1) is 0 Å². The Kier molecular flexibility index (Phi) is 3.39. The minimum Gasteiger partial charge on any atom is -0.469 e. The second-order valence-corrected chi connectivity index (χ2v) is 6.53. The van der Waals surface area contributed by atoms with Crippen molar-refractivity contribution in [2.45, 2.75) is 12.0 Å². The van der Waals surface area contributed by atoms with Crippen LogP contribution in [-0.2, 0) is 9.53 Å². The molecule has 132 valence electrons. The number of rotatable bonds is 2. The van der Waals surface area contributed by atoms with Crippen LogP contribution in [0.25, 0.3) is 10.9 Å². The van der Waals surface area contributed by atoms with E-state index in [1.165, 1.54) is 7.11 Å². The molecule has 3 heterocycles. The van der Waals surface area contributed by atoms with Crippen molar-refractivity contribution in [3.05, 3.63) is 59.3 Å². The van der Waals surface area contributed by atoms with E-state index < -0.39 is 0 Å². The van der Waals surface area contributed by atoms with Crippen LogP contribution in [0.3, 0.4) is 0 Å². The molecule has 0 radical (unpaired) electrons. The number of H-pyrrole nitrogens is 1. The highest BCUT2D eigenvalue weighted by molar-refractivity contribution is 5.92. The fourth-order valence-corrected chi connectivity index (χ4v) is 3.95. The molecule has 6 heteroatoms. The van der Waals surface area contributed by atoms with Crippen molar-refractivity contribution in [1.29, 1.82) is 0 Å². The van der Waals surface area contributed by atoms with E-state index in [1.54, 1.807) is 0 Å². The number of hydrogen-bond donors (Lipinski definition) is 2. The summed E-state index contributed by atoms with van der Waals surface area (Å²) in [5, 5.41) is 4.54. The van der Waals surface area contributed by atoms with Crippen LogP contribution in [0.4, 0.5) is 0 Å². The third kappa shape index (κ3) is 2.19. The number of nitrogens with one attached hydrogen (secondary N) is 2. The van der Waals surface area contributed by atoms with Gasteiger partial charge in [0.25, 0.3) is 0 Å². The van der Waals surface area contributed by atoms with Gasteiger partial charge < -0.3 is 24.5 Å². The van der Waals surface area contributed by atoms with Gasteiger partial charge in [-0.1, -0.05) is 24.3 Å². The Bertz CT molecular complexity index is 1010. The Morgan fingerprint density at radius 3 is 2.88 bits per heavy atom. The van der Waals surface area contributed by atoms with Crippen LogP contribution in [0.2, 0.25) is 0 Å². The monoisotopic (exact) mass is 350 g/mol. The molecular weight excluding hydrogens is 332 g/mol. The van der Waals surface area contributed by atoms with Gasteiger partial charge in [0.1, 0.15) is 0 Å². The molecule has 2 aliphatic heterocycles. The molecule has 0 bridgehead atoms. The van der Waals surface area contributed by atoms with Crippen molar-refractivity contribution >= 4 is 16.9 Å². The molecular formula is C20H18N2O4. The van der Waals surface area contributed by atoms with E-state index in [9.17, 15) is 4.79 Å². The molecule has 26 heavy (non-hydrogen) atoms. The van der Waals surface area contributed by atoms with E-state index in [0.717, 1.165) is 39.2 Å². The maximum absolute atomic E-state index is 12.4. The first-order chi connectivity index (χ1) is 12.8. The van der Waals surface area contributed by atoms with Crippen molar-refractivity contribution in [2.75, 3.05) is 20.4 Å². The quantitative estimate of drug-likeness (QED) is 0.696. The fourth-order valence-electron chi connectivity index (χ4n) is 3.95. The molecule has 0 saturated carbocycles. The van der Waals surface area contributed by atoms with Crippen LogP contribution >= 0.6 is 0 Å². The number of ether oxygens (including phenoxy) is 3. The lowest BCUT2D eigenvalue weighted by atomic mass is 9.87. The number of hydrogen-bond acceptors (Lipinski definition) is 5. The summed E-state index contributed by atoms with van der Waals surface area (Å²) >= 11 is 0. The summed E-state index contributed by atoms with van der Waals surface area (Å²) in [6, 6.07) is 13.9. The smallest absolute Gasteiger partial charge is 0.314 e. The van der Waals surface area contributed by atoms with Crippen LogP contribution < -0.4 is 14.8 Å². The standard InChI is InChI=1S/C20H18N2O4/c1-24-20(23)13-9-21-18(11-6-7-15-16(8-11)26-10-25-15)19-17(13)12-4-2-3-5-14(12)22-19/h2-8,13,18,21-22H,9-10H2,1H3/t13-,18?/m1/s1. The molecule has 6 nitrogen and oxygen atoms in total. The van der Waals surface area contributed by atoms with Crippen molar-refractivity contribution in [1.82, 2.24) is 10.3 Å². The molecule has 3 aromatic rings. The molecule has 2 N–H and O–H groups in total. The van der Waals surface area contributed by atoms with E-state index in [2.05, 4.69) is 10.3 Å². The van der Waals surface area contributed by atoms with Crippen LogP contribution in [0, 0.1) is 0 Å². The first-order valence-electron chi connectivity index (χ1n) is 8.57. The molecule has 0 amide bonds. The highest BCUT2D eigenvalue weighted by Crippen LogP contribution is 2.41. The first-order valence-corrected chi connectivity index (χ1v) is 8.57. The lowest BCUT2D eigenvalue weighted by molar-refractivity contribution is -0.142. The number of para-hydroxylation sites is 1. The summed E-state index contributed by atoms with van der Waals surface area (Å²) in [7, 11) is 1.43. The summed E-state index contributed by atoms with van der Waals surface area (Å²) in [6.45, 7) is 0.763. The zero-order chi connectivity index (χ0) is 17.7. The maximum Gasteiger partial charge on any atom is 0.314 e. The van der Waals surface area contributed by atoms with Gasteiger partial charge in [0, 0.05) is 23.1 Å². The van der Waals surface area contributed by atoms with Gasteiger partial charge in [-0.2, -0.15) is 0 Å². The Morgan fingerprint density at radius 2 is 2.00 bits per heavy atom. The average Bonchev–Trinajstić information content (AvgIpc) is 3.30. The molecule has 1 unspecified atom stereocenters. The number of benzene rings is 2. The summed E-state index contributed by atoms with van der Waals surface area (Å²) in [4.78, 5) is 15.9. The summed E-state index contributed by atoms with van der Waals surface area (Å²) < 4.78 is 16.0. The third-order valence-electron chi connectivity index (χ3n) is 5.16. The molecule has 0 aliphatic carbocycles. The van der Waals surface area contributed by atoms with Gasteiger partial charge in [-0.3, -0.25) is 4.79 Å². The van der Waals surface area contributed by atoms with Gasteiger partial charge >= 0.3 is 5.97 Å². The molecule has 2 atom stereocenters. The molecule has 1 aromatic heterocycles. The van der Waals surface area contributed by atoms with Crippen LogP contribution in [0.5, 0.6) is 11.5 Å². The number of carbonyl (C=O) groups is 1. The second kappa shape index (κ2) is 5.78. The van der Waals surface area contributed by atoms with Crippen molar-refractivity contribution < 1.29 is 19.0 Å². The van der Waals surface area contributed by atoms with E-state index in [1.807, 2.05) is 42.5 Å². The van der Waals surface area contributed by atoms with Crippen molar-refractivity contribution in [3.63, 3.8) is 0 Å². The van der Waals surface area contributed by atoms with Gasteiger partial charge in [0.05, 0.1) is 19.1 Å². The Labute approximate surface area is 150 Å². The number of carbonyl (C=O) groups excluding carboxylic acids is 1. The largest absolute Gasteiger partial charge is 0.469 e. The lowest BCUT2D eigenvalue weighted by Crippen LogP contribution is -2.37. The van der Waals surface area contributed by atoms with E-state index >= 15 is 0 Å². The maximum atomic E-state index is 12.4. The molecule has 0 fully saturated rings.